The van der Waals surface area contributed by atoms with Gasteiger partial charge in [0.1, 0.15) is 0 Å². The van der Waals surface area contributed by atoms with Crippen LogP contribution in [0.2, 0.25) is 0 Å². The zero-order valence-electron chi connectivity index (χ0n) is 12.2. The summed E-state index contributed by atoms with van der Waals surface area (Å²) in [7, 11) is 0. The van der Waals surface area contributed by atoms with Crippen molar-refractivity contribution in [3.8, 4) is 0 Å². The molecule has 1 atom stereocenters. The molecular formula is C13H24N4OS. The molecule has 0 bridgehead atoms. The third-order valence-electron chi connectivity index (χ3n) is 2.93. The van der Waals surface area contributed by atoms with E-state index in [4.69, 9.17) is 0 Å². The molecule has 0 fully saturated rings. The second kappa shape index (κ2) is 8.12. The largest absolute Gasteiger partial charge is 0.325 e. The van der Waals surface area contributed by atoms with Gasteiger partial charge in [-0.15, -0.1) is 11.3 Å². The minimum atomic E-state index is -0.0833. The summed E-state index contributed by atoms with van der Waals surface area (Å²) in [5, 5.41) is 8.88. The number of nitrogens with zero attached hydrogens (tertiary/aromatic N) is 2. The van der Waals surface area contributed by atoms with Crippen molar-refractivity contribution in [3.63, 3.8) is 0 Å². The van der Waals surface area contributed by atoms with E-state index in [2.05, 4.69) is 29.5 Å². The lowest BCUT2D eigenvalue weighted by molar-refractivity contribution is 0.217. The summed E-state index contributed by atoms with van der Waals surface area (Å²) in [4.78, 5) is 18.1. The van der Waals surface area contributed by atoms with Gasteiger partial charge in [-0.1, -0.05) is 6.92 Å². The Morgan fingerprint density at radius 2 is 2.11 bits per heavy atom. The molecule has 0 aliphatic rings. The molecule has 0 aromatic carbocycles. The number of hydrogen-bond acceptors (Lipinski definition) is 4. The van der Waals surface area contributed by atoms with Gasteiger partial charge in [0.2, 0.25) is 0 Å². The van der Waals surface area contributed by atoms with E-state index in [1.807, 2.05) is 19.2 Å². The highest BCUT2D eigenvalue weighted by Gasteiger charge is 2.13. The summed E-state index contributed by atoms with van der Waals surface area (Å²) in [6.07, 6.45) is 1.10. The Balaban J connectivity index is 2.57. The van der Waals surface area contributed by atoms with Crippen LogP contribution < -0.4 is 10.6 Å². The molecule has 0 aliphatic heterocycles. The number of carbonyl (C=O) groups is 1. The zero-order chi connectivity index (χ0) is 14.3. The first-order valence-electron chi connectivity index (χ1n) is 6.87. The fraction of sp³-hybridized carbons (Fsp3) is 0.692. The van der Waals surface area contributed by atoms with Crippen molar-refractivity contribution >= 4 is 22.5 Å². The Morgan fingerprint density at radius 1 is 1.42 bits per heavy atom. The van der Waals surface area contributed by atoms with Crippen molar-refractivity contribution in [2.24, 2.45) is 0 Å². The van der Waals surface area contributed by atoms with Gasteiger partial charge in [-0.3, -0.25) is 5.32 Å². The summed E-state index contributed by atoms with van der Waals surface area (Å²) in [6, 6.07) is 0.135. The molecule has 19 heavy (non-hydrogen) atoms. The van der Waals surface area contributed by atoms with Gasteiger partial charge in [0.25, 0.3) is 0 Å². The van der Waals surface area contributed by atoms with Crippen LogP contribution in [0.5, 0.6) is 0 Å². The average molecular weight is 284 g/mol. The lowest BCUT2D eigenvalue weighted by Crippen LogP contribution is -2.34. The Hall–Kier alpha value is -1.14. The first-order chi connectivity index (χ1) is 9.12. The van der Waals surface area contributed by atoms with Gasteiger partial charge in [-0.25, -0.2) is 9.78 Å². The Kier molecular flexibility index (Phi) is 6.80. The lowest BCUT2D eigenvalue weighted by Gasteiger charge is -2.18. The second-order valence-corrected chi connectivity index (χ2v) is 5.21. The van der Waals surface area contributed by atoms with Crippen LogP contribution >= 0.6 is 11.3 Å². The number of aromatic nitrogens is 1. The molecule has 1 aromatic rings. The normalized spacial score (nSPS) is 12.2. The molecule has 1 rings (SSSR count). The Labute approximate surface area is 119 Å². The van der Waals surface area contributed by atoms with Gasteiger partial charge in [0, 0.05) is 24.5 Å². The van der Waals surface area contributed by atoms with E-state index >= 15 is 0 Å². The van der Waals surface area contributed by atoms with E-state index < -0.39 is 0 Å². The van der Waals surface area contributed by atoms with E-state index in [-0.39, 0.29) is 12.1 Å². The summed E-state index contributed by atoms with van der Waals surface area (Å²) in [5.41, 5.74) is 0.980. The predicted molar refractivity (Wildman–Crippen MR) is 80.8 cm³/mol. The topological polar surface area (TPSA) is 57.3 Å². The highest BCUT2D eigenvalue weighted by molar-refractivity contribution is 7.13. The number of carbonyl (C=O) groups excluding carboxylic acids is 1. The second-order valence-electron chi connectivity index (χ2n) is 4.36. The summed E-state index contributed by atoms with van der Waals surface area (Å²) < 4.78 is 0. The lowest BCUT2D eigenvalue weighted by atomic mass is 10.2. The molecule has 1 aromatic heterocycles. The van der Waals surface area contributed by atoms with Crippen molar-refractivity contribution in [3.05, 3.63) is 11.1 Å². The van der Waals surface area contributed by atoms with Gasteiger partial charge in [-0.05, 0) is 33.7 Å². The first kappa shape index (κ1) is 15.9. The maximum Gasteiger partial charge on any atom is 0.323 e. The summed E-state index contributed by atoms with van der Waals surface area (Å²) >= 11 is 1.47. The smallest absolute Gasteiger partial charge is 0.323 e. The van der Waals surface area contributed by atoms with Crippen molar-refractivity contribution in [1.82, 2.24) is 15.2 Å². The summed E-state index contributed by atoms with van der Waals surface area (Å²) in [6.45, 7) is 10.5. The molecule has 2 amide bonds. The van der Waals surface area contributed by atoms with Crippen LogP contribution in [0.4, 0.5) is 9.93 Å². The van der Waals surface area contributed by atoms with Crippen LogP contribution in [0.25, 0.3) is 0 Å². The van der Waals surface area contributed by atoms with Crippen LogP contribution in [-0.4, -0.2) is 35.5 Å². The third-order valence-corrected chi connectivity index (χ3v) is 3.71. The molecule has 0 spiro atoms. The number of anilines is 1. The SMILES string of the molecule is CCCNC(C)c1csc(NC(=O)N(CC)CC)n1. The maximum atomic E-state index is 11.9. The molecular weight excluding hydrogens is 260 g/mol. The molecule has 2 N–H and O–H groups in total. The van der Waals surface area contributed by atoms with Gasteiger partial charge < -0.3 is 10.2 Å². The van der Waals surface area contributed by atoms with Gasteiger partial charge in [0.15, 0.2) is 5.13 Å². The minimum Gasteiger partial charge on any atom is -0.325 e. The van der Waals surface area contributed by atoms with E-state index in [0.29, 0.717) is 18.2 Å². The molecule has 0 radical (unpaired) electrons. The van der Waals surface area contributed by atoms with Gasteiger partial charge in [0.05, 0.1) is 5.69 Å². The Morgan fingerprint density at radius 3 is 2.68 bits per heavy atom. The highest BCUT2D eigenvalue weighted by Crippen LogP contribution is 2.20. The average Bonchev–Trinajstić information content (AvgIpc) is 2.86. The van der Waals surface area contributed by atoms with Gasteiger partial charge >= 0.3 is 6.03 Å². The molecule has 1 unspecified atom stereocenters. The van der Waals surface area contributed by atoms with E-state index in [1.54, 1.807) is 4.90 Å². The first-order valence-corrected chi connectivity index (χ1v) is 7.75. The number of hydrogen-bond donors (Lipinski definition) is 2. The predicted octanol–water partition coefficient (Wildman–Crippen LogP) is 3.08. The van der Waals surface area contributed by atoms with Crippen LogP contribution in [-0.2, 0) is 0 Å². The Bertz CT molecular complexity index is 390. The van der Waals surface area contributed by atoms with Crippen molar-refractivity contribution < 1.29 is 4.79 Å². The summed E-state index contributed by atoms with van der Waals surface area (Å²) in [5.74, 6) is 0. The molecule has 0 aliphatic carbocycles. The molecule has 1 heterocycles. The van der Waals surface area contributed by atoms with Gasteiger partial charge in [-0.2, -0.15) is 0 Å². The van der Waals surface area contributed by atoms with Crippen molar-refractivity contribution in [2.45, 2.75) is 40.2 Å². The number of nitrogens with one attached hydrogen (secondary N) is 2. The van der Waals surface area contributed by atoms with Crippen LogP contribution in [0.1, 0.15) is 45.9 Å². The number of urea groups is 1. The van der Waals surface area contributed by atoms with Crippen molar-refractivity contribution in [1.29, 1.82) is 0 Å². The molecule has 5 nitrogen and oxygen atoms in total. The zero-order valence-corrected chi connectivity index (χ0v) is 13.0. The van der Waals surface area contributed by atoms with E-state index in [9.17, 15) is 4.79 Å². The third kappa shape index (κ3) is 4.80. The minimum absolute atomic E-state index is 0.0833. The fourth-order valence-electron chi connectivity index (χ4n) is 1.69. The van der Waals surface area contributed by atoms with Crippen LogP contribution in [0.3, 0.4) is 0 Å². The molecule has 108 valence electrons. The number of rotatable bonds is 7. The fourth-order valence-corrected chi connectivity index (χ4v) is 2.48. The van der Waals surface area contributed by atoms with Crippen LogP contribution in [0, 0.1) is 0 Å². The molecule has 0 saturated carbocycles. The monoisotopic (exact) mass is 284 g/mol. The molecule has 0 saturated heterocycles. The van der Waals surface area contributed by atoms with E-state index in [0.717, 1.165) is 18.7 Å². The molecule has 6 heteroatoms. The van der Waals surface area contributed by atoms with Crippen molar-refractivity contribution in [2.75, 3.05) is 25.0 Å². The van der Waals surface area contributed by atoms with E-state index in [1.165, 1.54) is 11.3 Å². The highest BCUT2D eigenvalue weighted by atomic mass is 32.1. The maximum absolute atomic E-state index is 11.9. The van der Waals surface area contributed by atoms with Crippen LogP contribution in [0.15, 0.2) is 5.38 Å². The number of amides is 2. The standard InChI is InChI=1S/C13H24N4OS/c1-5-8-14-10(4)11-9-19-12(15-11)16-13(18)17(6-2)7-3/h9-10,14H,5-8H2,1-4H3,(H,15,16,18). The quantitative estimate of drug-likeness (QED) is 0.809. The number of thiazole rings is 1.